The van der Waals surface area contributed by atoms with Crippen LogP contribution in [0.3, 0.4) is 0 Å². The van der Waals surface area contributed by atoms with E-state index in [9.17, 15) is 5.11 Å². The molecule has 1 aliphatic heterocycles. The quantitative estimate of drug-likeness (QED) is 0.913. The van der Waals surface area contributed by atoms with Crippen molar-refractivity contribution in [3.05, 3.63) is 54.1 Å². The summed E-state index contributed by atoms with van der Waals surface area (Å²) in [6, 6.07) is 16.8. The van der Waals surface area contributed by atoms with Gasteiger partial charge >= 0.3 is 0 Å². The van der Waals surface area contributed by atoms with E-state index in [1.54, 1.807) is 0 Å². The van der Waals surface area contributed by atoms with Crippen molar-refractivity contribution in [3.8, 4) is 11.1 Å². The Morgan fingerprint density at radius 2 is 1.65 bits per heavy atom. The van der Waals surface area contributed by atoms with Crippen LogP contribution in [0.15, 0.2) is 48.5 Å². The van der Waals surface area contributed by atoms with Crippen molar-refractivity contribution in [3.63, 3.8) is 0 Å². The fourth-order valence-electron chi connectivity index (χ4n) is 2.93. The molecule has 0 amide bonds. The molecule has 1 heterocycles. The van der Waals surface area contributed by atoms with E-state index in [2.05, 4.69) is 41.3 Å². The molecular formula is C18H21NO. The van der Waals surface area contributed by atoms with Gasteiger partial charge in [0.15, 0.2) is 0 Å². The van der Waals surface area contributed by atoms with E-state index in [0.29, 0.717) is 0 Å². The Morgan fingerprint density at radius 1 is 0.900 bits per heavy atom. The van der Waals surface area contributed by atoms with Crippen LogP contribution in [-0.4, -0.2) is 18.2 Å². The first-order chi connectivity index (χ1) is 9.88. The third-order valence-electron chi connectivity index (χ3n) is 4.03. The average Bonchev–Trinajstić information content (AvgIpc) is 2.56. The van der Waals surface area contributed by atoms with E-state index in [1.165, 1.54) is 36.1 Å². The average molecular weight is 267 g/mol. The van der Waals surface area contributed by atoms with Gasteiger partial charge in [-0.15, -0.1) is 0 Å². The predicted molar refractivity (Wildman–Crippen MR) is 83.9 cm³/mol. The number of rotatable bonds is 3. The molecule has 0 bridgehead atoms. The van der Waals surface area contributed by atoms with Gasteiger partial charge < -0.3 is 10.0 Å². The molecular weight excluding hydrogens is 246 g/mol. The first-order valence-corrected chi connectivity index (χ1v) is 7.42. The molecule has 0 radical (unpaired) electrons. The molecule has 0 aromatic heterocycles. The van der Waals surface area contributed by atoms with Crippen molar-refractivity contribution in [1.82, 2.24) is 0 Å². The Bertz CT molecular complexity index is 559. The third kappa shape index (κ3) is 2.70. The Kier molecular flexibility index (Phi) is 4.03. The molecule has 20 heavy (non-hydrogen) atoms. The van der Waals surface area contributed by atoms with Crippen LogP contribution in [-0.2, 0) is 6.61 Å². The van der Waals surface area contributed by atoms with Gasteiger partial charge in [0.1, 0.15) is 0 Å². The van der Waals surface area contributed by atoms with Gasteiger partial charge in [0.05, 0.1) is 6.61 Å². The van der Waals surface area contributed by atoms with Gasteiger partial charge in [-0.3, -0.25) is 0 Å². The van der Waals surface area contributed by atoms with Crippen molar-refractivity contribution < 1.29 is 5.11 Å². The number of anilines is 1. The van der Waals surface area contributed by atoms with Gasteiger partial charge in [0.2, 0.25) is 0 Å². The summed E-state index contributed by atoms with van der Waals surface area (Å²) in [5.41, 5.74) is 4.77. The summed E-state index contributed by atoms with van der Waals surface area (Å²) in [7, 11) is 0. The molecule has 2 aromatic rings. The van der Waals surface area contributed by atoms with Gasteiger partial charge in [-0.2, -0.15) is 0 Å². The number of benzene rings is 2. The van der Waals surface area contributed by atoms with E-state index in [0.717, 1.165) is 18.7 Å². The molecule has 0 aliphatic carbocycles. The lowest BCUT2D eigenvalue weighted by Crippen LogP contribution is -2.29. The van der Waals surface area contributed by atoms with E-state index < -0.39 is 0 Å². The summed E-state index contributed by atoms with van der Waals surface area (Å²) in [6.45, 7) is 2.35. The SMILES string of the molecule is OCc1ccc(-c2ccccc2)c(N2CCCCC2)c1. The van der Waals surface area contributed by atoms with Crippen LogP contribution in [0.25, 0.3) is 11.1 Å². The number of nitrogens with zero attached hydrogens (tertiary/aromatic N) is 1. The summed E-state index contributed by atoms with van der Waals surface area (Å²) in [5.74, 6) is 0. The number of aliphatic hydroxyl groups excluding tert-OH is 1. The Hall–Kier alpha value is -1.80. The van der Waals surface area contributed by atoms with Gasteiger partial charge in [-0.1, -0.05) is 42.5 Å². The minimum Gasteiger partial charge on any atom is -0.392 e. The Labute approximate surface area is 120 Å². The highest BCUT2D eigenvalue weighted by molar-refractivity contribution is 5.79. The van der Waals surface area contributed by atoms with E-state index in [1.807, 2.05) is 12.1 Å². The fourth-order valence-corrected chi connectivity index (χ4v) is 2.93. The standard InChI is InChI=1S/C18H21NO/c20-14-15-9-10-17(16-7-3-1-4-8-16)18(13-15)19-11-5-2-6-12-19/h1,3-4,7-10,13,20H,2,5-6,11-12,14H2. The number of aliphatic hydroxyl groups is 1. The molecule has 0 atom stereocenters. The van der Waals surface area contributed by atoms with Crippen LogP contribution < -0.4 is 4.90 Å². The molecule has 2 aromatic carbocycles. The summed E-state index contributed by atoms with van der Waals surface area (Å²) in [6.07, 6.45) is 3.85. The van der Waals surface area contributed by atoms with Crippen molar-refractivity contribution in [1.29, 1.82) is 0 Å². The van der Waals surface area contributed by atoms with Gasteiger partial charge in [-0.25, -0.2) is 0 Å². The molecule has 0 saturated carbocycles. The van der Waals surface area contributed by atoms with E-state index in [4.69, 9.17) is 0 Å². The highest BCUT2D eigenvalue weighted by Gasteiger charge is 2.15. The zero-order chi connectivity index (χ0) is 13.8. The highest BCUT2D eigenvalue weighted by atomic mass is 16.3. The topological polar surface area (TPSA) is 23.5 Å². The molecule has 2 nitrogen and oxygen atoms in total. The van der Waals surface area contributed by atoms with Gasteiger partial charge in [-0.05, 0) is 36.5 Å². The lowest BCUT2D eigenvalue weighted by atomic mass is 9.99. The number of piperidine rings is 1. The summed E-state index contributed by atoms with van der Waals surface area (Å²) < 4.78 is 0. The van der Waals surface area contributed by atoms with Crippen LogP contribution in [0.1, 0.15) is 24.8 Å². The summed E-state index contributed by atoms with van der Waals surface area (Å²) in [4.78, 5) is 2.46. The molecule has 1 aliphatic rings. The van der Waals surface area contributed by atoms with Crippen LogP contribution in [0, 0.1) is 0 Å². The predicted octanol–water partition coefficient (Wildman–Crippen LogP) is 3.84. The monoisotopic (exact) mass is 267 g/mol. The fraction of sp³-hybridized carbons (Fsp3) is 0.333. The zero-order valence-corrected chi connectivity index (χ0v) is 11.8. The van der Waals surface area contributed by atoms with Crippen LogP contribution in [0.4, 0.5) is 5.69 Å². The summed E-state index contributed by atoms with van der Waals surface area (Å²) in [5, 5.41) is 9.40. The maximum Gasteiger partial charge on any atom is 0.0682 e. The smallest absolute Gasteiger partial charge is 0.0682 e. The normalized spacial score (nSPS) is 15.3. The van der Waals surface area contributed by atoms with Gasteiger partial charge in [0.25, 0.3) is 0 Å². The highest BCUT2D eigenvalue weighted by Crippen LogP contribution is 2.33. The van der Waals surface area contributed by atoms with Crippen LogP contribution >= 0.6 is 0 Å². The molecule has 1 saturated heterocycles. The van der Waals surface area contributed by atoms with E-state index >= 15 is 0 Å². The second-order valence-corrected chi connectivity index (χ2v) is 5.42. The molecule has 104 valence electrons. The maximum atomic E-state index is 9.40. The third-order valence-corrected chi connectivity index (χ3v) is 4.03. The number of hydrogen-bond acceptors (Lipinski definition) is 2. The molecule has 3 rings (SSSR count). The zero-order valence-electron chi connectivity index (χ0n) is 11.8. The second kappa shape index (κ2) is 6.10. The molecule has 1 N–H and O–H groups in total. The second-order valence-electron chi connectivity index (χ2n) is 5.42. The molecule has 1 fully saturated rings. The Morgan fingerprint density at radius 3 is 2.35 bits per heavy atom. The number of hydrogen-bond donors (Lipinski definition) is 1. The molecule has 0 unspecified atom stereocenters. The van der Waals surface area contributed by atoms with Gasteiger partial charge in [0, 0.05) is 24.3 Å². The first kappa shape index (κ1) is 13.2. The minimum atomic E-state index is 0.107. The van der Waals surface area contributed by atoms with Crippen molar-refractivity contribution in [2.24, 2.45) is 0 Å². The Balaban J connectivity index is 2.04. The van der Waals surface area contributed by atoms with E-state index in [-0.39, 0.29) is 6.61 Å². The summed E-state index contributed by atoms with van der Waals surface area (Å²) >= 11 is 0. The van der Waals surface area contributed by atoms with Crippen molar-refractivity contribution >= 4 is 5.69 Å². The maximum absolute atomic E-state index is 9.40. The lowest BCUT2D eigenvalue weighted by molar-refractivity contribution is 0.282. The largest absolute Gasteiger partial charge is 0.392 e. The van der Waals surface area contributed by atoms with Crippen molar-refractivity contribution in [2.45, 2.75) is 25.9 Å². The van der Waals surface area contributed by atoms with Crippen molar-refractivity contribution in [2.75, 3.05) is 18.0 Å². The lowest BCUT2D eigenvalue weighted by Gasteiger charge is -2.31. The van der Waals surface area contributed by atoms with Crippen LogP contribution in [0.2, 0.25) is 0 Å². The first-order valence-electron chi connectivity index (χ1n) is 7.42. The molecule has 0 spiro atoms. The minimum absolute atomic E-state index is 0.107. The van der Waals surface area contributed by atoms with Crippen LogP contribution in [0.5, 0.6) is 0 Å². The molecule has 2 heteroatoms.